The molecule has 3 aromatic rings. The zero-order chi connectivity index (χ0) is 17.4. The summed E-state index contributed by atoms with van der Waals surface area (Å²) in [6.07, 6.45) is 4.52. The van der Waals surface area contributed by atoms with Gasteiger partial charge < -0.3 is 18.9 Å². The molecule has 1 N–H and O–H groups in total. The number of aromatic nitrogens is 3. The number of rotatable bonds is 4. The summed E-state index contributed by atoms with van der Waals surface area (Å²) in [5.74, 6) is 0.706. The van der Waals surface area contributed by atoms with Gasteiger partial charge in [-0.25, -0.2) is 4.98 Å². The maximum atomic E-state index is 12.3. The van der Waals surface area contributed by atoms with Crippen LogP contribution in [0.3, 0.4) is 0 Å². The van der Waals surface area contributed by atoms with Crippen LogP contribution in [0.1, 0.15) is 29.1 Å². The Bertz CT molecular complexity index is 889. The molecule has 0 saturated carbocycles. The monoisotopic (exact) mass is 340 g/mol. The smallest absolute Gasteiger partial charge is 0.276 e. The second kappa shape index (κ2) is 6.14. The number of nitrogens with zero attached hydrogens (tertiary/aromatic N) is 4. The van der Waals surface area contributed by atoms with Gasteiger partial charge in [-0.05, 0) is 19.1 Å². The molecule has 1 fully saturated rings. The van der Waals surface area contributed by atoms with Gasteiger partial charge in [-0.1, -0.05) is 5.16 Å². The average molecular weight is 340 g/mol. The Morgan fingerprint density at radius 1 is 1.40 bits per heavy atom. The van der Waals surface area contributed by atoms with E-state index < -0.39 is 6.10 Å². The predicted molar refractivity (Wildman–Crippen MR) is 85.5 cm³/mol. The summed E-state index contributed by atoms with van der Waals surface area (Å²) >= 11 is 0. The molecule has 0 bridgehead atoms. The van der Waals surface area contributed by atoms with Gasteiger partial charge in [0.1, 0.15) is 17.7 Å². The van der Waals surface area contributed by atoms with E-state index in [1.165, 1.54) is 6.26 Å². The second-order valence-electron chi connectivity index (χ2n) is 5.98. The van der Waals surface area contributed by atoms with E-state index in [-0.39, 0.29) is 17.6 Å². The fraction of sp³-hybridized carbons (Fsp3) is 0.294. The summed E-state index contributed by atoms with van der Waals surface area (Å²) in [5.41, 5.74) is 1.82. The number of aliphatic hydroxyl groups is 1. The molecule has 25 heavy (non-hydrogen) atoms. The summed E-state index contributed by atoms with van der Waals surface area (Å²) in [7, 11) is 0. The molecule has 128 valence electrons. The minimum Gasteiger partial charge on any atom is -0.448 e. The number of aliphatic hydroxyl groups excluding tert-OH is 1. The molecule has 4 rings (SSSR count). The van der Waals surface area contributed by atoms with E-state index >= 15 is 0 Å². The van der Waals surface area contributed by atoms with Gasteiger partial charge in [0.2, 0.25) is 5.89 Å². The summed E-state index contributed by atoms with van der Waals surface area (Å²) < 4.78 is 10.7. The van der Waals surface area contributed by atoms with E-state index in [0.29, 0.717) is 30.3 Å². The zero-order valence-corrected chi connectivity index (χ0v) is 13.5. The molecule has 1 unspecified atom stereocenters. The van der Waals surface area contributed by atoms with Crippen molar-refractivity contribution in [2.75, 3.05) is 6.54 Å². The molecular formula is C17H16N4O4. The van der Waals surface area contributed by atoms with Crippen LogP contribution < -0.4 is 0 Å². The van der Waals surface area contributed by atoms with Gasteiger partial charge in [-0.3, -0.25) is 9.78 Å². The van der Waals surface area contributed by atoms with Crippen molar-refractivity contribution in [3.05, 3.63) is 54.2 Å². The molecule has 1 aliphatic heterocycles. The number of carbonyl (C=O) groups excluding carboxylic acids is 1. The molecule has 0 radical (unpaired) electrons. The van der Waals surface area contributed by atoms with Crippen LogP contribution in [0.15, 0.2) is 45.8 Å². The van der Waals surface area contributed by atoms with Crippen LogP contribution in [0, 0.1) is 0 Å². The third-order valence-corrected chi connectivity index (χ3v) is 4.32. The number of hydrogen-bond acceptors (Lipinski definition) is 7. The van der Waals surface area contributed by atoms with Crippen LogP contribution in [0.2, 0.25) is 0 Å². The number of likely N-dealkylation sites (tertiary alicyclic amines) is 1. The summed E-state index contributed by atoms with van der Waals surface area (Å²) in [4.78, 5) is 22.0. The van der Waals surface area contributed by atoms with Gasteiger partial charge in [-0.2, -0.15) is 0 Å². The highest BCUT2D eigenvalue weighted by atomic mass is 16.5. The lowest BCUT2D eigenvalue weighted by Crippen LogP contribution is -2.60. The number of carbonyl (C=O) groups is 1. The van der Waals surface area contributed by atoms with Crippen molar-refractivity contribution in [2.24, 2.45) is 0 Å². The number of pyridine rings is 1. The highest BCUT2D eigenvalue weighted by Crippen LogP contribution is 2.22. The molecule has 3 aromatic heterocycles. The van der Waals surface area contributed by atoms with E-state index in [0.717, 1.165) is 5.56 Å². The van der Waals surface area contributed by atoms with E-state index in [4.69, 9.17) is 8.94 Å². The number of β-amino-alcohol motifs (C(OH)–C–C–N with tert-alkyl or cyclic N) is 1. The molecule has 8 heteroatoms. The van der Waals surface area contributed by atoms with Gasteiger partial charge in [0, 0.05) is 30.6 Å². The molecule has 1 aliphatic rings. The molecule has 0 aromatic carbocycles. The van der Waals surface area contributed by atoms with Gasteiger partial charge in [0.05, 0.1) is 18.6 Å². The van der Waals surface area contributed by atoms with E-state index in [9.17, 15) is 9.90 Å². The van der Waals surface area contributed by atoms with Crippen LogP contribution in [-0.2, 0) is 6.42 Å². The fourth-order valence-corrected chi connectivity index (χ4v) is 2.70. The predicted octanol–water partition coefficient (Wildman–Crippen LogP) is 1.52. The van der Waals surface area contributed by atoms with Crippen molar-refractivity contribution in [2.45, 2.75) is 25.5 Å². The van der Waals surface area contributed by atoms with Crippen LogP contribution in [-0.4, -0.2) is 49.7 Å². The van der Waals surface area contributed by atoms with Crippen molar-refractivity contribution < 1.29 is 18.8 Å². The Balaban J connectivity index is 1.45. The van der Waals surface area contributed by atoms with E-state index in [2.05, 4.69) is 15.1 Å². The molecule has 1 saturated heterocycles. The summed E-state index contributed by atoms with van der Waals surface area (Å²) in [6.45, 7) is 2.11. The second-order valence-corrected chi connectivity index (χ2v) is 5.98. The van der Waals surface area contributed by atoms with E-state index in [1.807, 2.05) is 12.1 Å². The first-order chi connectivity index (χ1) is 12.1. The van der Waals surface area contributed by atoms with Crippen molar-refractivity contribution in [1.29, 1.82) is 0 Å². The Kier molecular flexibility index (Phi) is 3.81. The van der Waals surface area contributed by atoms with Gasteiger partial charge in [-0.15, -0.1) is 0 Å². The number of amides is 1. The highest BCUT2D eigenvalue weighted by molar-refractivity contribution is 5.92. The lowest BCUT2D eigenvalue weighted by molar-refractivity contribution is -0.0360. The standard InChI is InChI=1S/C17H16N4O4/c1-10-15(22)8-21(10)17(23)14-9-24-16(19-14)7-12-6-13(20-25-12)11-2-4-18-5-3-11/h2-6,9-10,15,22H,7-8H2,1H3/t10-,15?/m0/s1. The lowest BCUT2D eigenvalue weighted by atomic mass is 10.0. The zero-order valence-electron chi connectivity index (χ0n) is 13.5. The van der Waals surface area contributed by atoms with Gasteiger partial charge in [0.15, 0.2) is 5.69 Å². The van der Waals surface area contributed by atoms with Crippen molar-refractivity contribution >= 4 is 5.91 Å². The minimum atomic E-state index is -0.476. The van der Waals surface area contributed by atoms with Crippen LogP contribution in [0.4, 0.5) is 0 Å². The third kappa shape index (κ3) is 2.91. The molecule has 2 atom stereocenters. The van der Waals surface area contributed by atoms with Crippen molar-refractivity contribution in [3.63, 3.8) is 0 Å². The average Bonchev–Trinajstić information content (AvgIpc) is 3.29. The SMILES string of the molecule is C[C@H]1C(O)CN1C(=O)c1coc(Cc2cc(-c3ccncc3)no2)n1. The first kappa shape index (κ1) is 15.5. The Morgan fingerprint density at radius 3 is 2.92 bits per heavy atom. The molecule has 4 heterocycles. The third-order valence-electron chi connectivity index (χ3n) is 4.32. The maximum absolute atomic E-state index is 12.3. The highest BCUT2D eigenvalue weighted by Gasteiger charge is 2.38. The van der Waals surface area contributed by atoms with Crippen LogP contribution in [0.5, 0.6) is 0 Å². The fourth-order valence-electron chi connectivity index (χ4n) is 2.70. The van der Waals surface area contributed by atoms with Crippen molar-refractivity contribution in [3.8, 4) is 11.3 Å². The Hall–Kier alpha value is -3.00. The number of hydrogen-bond donors (Lipinski definition) is 1. The summed E-state index contributed by atoms with van der Waals surface area (Å²) in [6, 6.07) is 5.28. The Morgan fingerprint density at radius 2 is 2.20 bits per heavy atom. The van der Waals surface area contributed by atoms with Crippen molar-refractivity contribution in [1.82, 2.24) is 20.0 Å². The first-order valence-corrected chi connectivity index (χ1v) is 7.91. The molecule has 1 amide bonds. The molecular weight excluding hydrogens is 324 g/mol. The first-order valence-electron chi connectivity index (χ1n) is 7.91. The van der Waals surface area contributed by atoms with Crippen LogP contribution in [0.25, 0.3) is 11.3 Å². The minimum absolute atomic E-state index is 0.204. The Labute approximate surface area is 143 Å². The quantitative estimate of drug-likeness (QED) is 0.767. The lowest BCUT2D eigenvalue weighted by Gasteiger charge is -2.42. The normalized spacial score (nSPS) is 19.7. The maximum Gasteiger partial charge on any atom is 0.276 e. The topological polar surface area (TPSA) is 105 Å². The molecule has 8 nitrogen and oxygen atoms in total. The van der Waals surface area contributed by atoms with Gasteiger partial charge in [0.25, 0.3) is 5.91 Å². The van der Waals surface area contributed by atoms with Gasteiger partial charge >= 0.3 is 0 Å². The largest absolute Gasteiger partial charge is 0.448 e. The van der Waals surface area contributed by atoms with E-state index in [1.54, 1.807) is 30.3 Å². The van der Waals surface area contributed by atoms with Crippen LogP contribution >= 0.6 is 0 Å². The molecule has 0 aliphatic carbocycles. The number of oxazole rings is 1. The molecule has 0 spiro atoms. The summed E-state index contributed by atoms with van der Waals surface area (Å²) in [5, 5.41) is 13.5.